The Balaban J connectivity index is 2.31. The Bertz CT molecular complexity index is 459. The molecule has 1 aromatic carbocycles. The van der Waals surface area contributed by atoms with Crippen molar-refractivity contribution in [3.8, 4) is 5.75 Å². The Morgan fingerprint density at radius 2 is 2.12 bits per heavy atom. The van der Waals surface area contributed by atoms with Crippen LogP contribution in [-0.2, 0) is 6.54 Å². The first-order valence-corrected chi connectivity index (χ1v) is 5.98. The zero-order valence-electron chi connectivity index (χ0n) is 9.46. The summed E-state index contributed by atoms with van der Waals surface area (Å²) in [6.07, 6.45) is 1.65. The molecule has 0 amide bonds. The van der Waals surface area contributed by atoms with E-state index in [-0.39, 0.29) is 0 Å². The molecule has 88 valence electrons. The lowest BCUT2D eigenvalue weighted by Gasteiger charge is -2.08. The van der Waals surface area contributed by atoms with Crippen LogP contribution in [0, 0.1) is 0 Å². The van der Waals surface area contributed by atoms with Gasteiger partial charge >= 0.3 is 0 Å². The summed E-state index contributed by atoms with van der Waals surface area (Å²) in [5.41, 5.74) is 6.64. The first-order chi connectivity index (χ1) is 8.35. The second-order valence-electron chi connectivity index (χ2n) is 3.32. The number of aromatic nitrogens is 2. The van der Waals surface area contributed by atoms with Gasteiger partial charge in [-0.25, -0.2) is 0 Å². The molecule has 4 nitrogen and oxygen atoms in total. The van der Waals surface area contributed by atoms with E-state index in [0.717, 1.165) is 21.2 Å². The van der Waals surface area contributed by atoms with E-state index in [4.69, 9.17) is 10.5 Å². The molecule has 0 unspecified atom stereocenters. The molecule has 1 heterocycles. The van der Waals surface area contributed by atoms with Crippen LogP contribution in [0.25, 0.3) is 0 Å². The molecule has 0 bridgehead atoms. The topological polar surface area (TPSA) is 61.0 Å². The van der Waals surface area contributed by atoms with Crippen LogP contribution >= 0.6 is 11.8 Å². The van der Waals surface area contributed by atoms with Gasteiger partial charge < -0.3 is 10.5 Å². The molecule has 17 heavy (non-hydrogen) atoms. The number of methoxy groups -OCH3 is 1. The van der Waals surface area contributed by atoms with Crippen LogP contribution in [0.5, 0.6) is 5.75 Å². The lowest BCUT2D eigenvalue weighted by molar-refractivity contribution is 0.405. The van der Waals surface area contributed by atoms with Crippen molar-refractivity contribution in [1.29, 1.82) is 0 Å². The maximum atomic E-state index is 5.66. The molecule has 0 spiro atoms. The van der Waals surface area contributed by atoms with Gasteiger partial charge in [-0.15, -0.1) is 5.10 Å². The predicted molar refractivity (Wildman–Crippen MR) is 67.0 cm³/mol. The fourth-order valence-electron chi connectivity index (χ4n) is 1.39. The highest BCUT2D eigenvalue weighted by Crippen LogP contribution is 2.34. The minimum atomic E-state index is 0.451. The molecular weight excluding hydrogens is 234 g/mol. The van der Waals surface area contributed by atoms with Crippen molar-refractivity contribution in [2.24, 2.45) is 5.73 Å². The molecule has 0 aliphatic carbocycles. The molecule has 5 heteroatoms. The second kappa shape index (κ2) is 5.65. The Labute approximate surface area is 104 Å². The first kappa shape index (κ1) is 11.9. The van der Waals surface area contributed by atoms with Crippen LogP contribution in [0.15, 0.2) is 46.5 Å². The van der Waals surface area contributed by atoms with Crippen LogP contribution in [0.2, 0.25) is 0 Å². The molecule has 0 radical (unpaired) electrons. The van der Waals surface area contributed by atoms with E-state index >= 15 is 0 Å². The van der Waals surface area contributed by atoms with Gasteiger partial charge in [0.25, 0.3) is 0 Å². The molecule has 2 aromatic rings. The summed E-state index contributed by atoms with van der Waals surface area (Å²) < 4.78 is 5.29. The number of benzene rings is 1. The van der Waals surface area contributed by atoms with Crippen LogP contribution in [0.4, 0.5) is 0 Å². The maximum Gasteiger partial charge on any atom is 0.132 e. The molecule has 0 fully saturated rings. The fourth-order valence-corrected chi connectivity index (χ4v) is 2.37. The van der Waals surface area contributed by atoms with E-state index in [1.54, 1.807) is 13.3 Å². The Kier molecular flexibility index (Phi) is 3.95. The number of rotatable bonds is 4. The number of nitrogens with zero attached hydrogens (tertiary/aromatic N) is 2. The van der Waals surface area contributed by atoms with Crippen molar-refractivity contribution >= 4 is 11.8 Å². The monoisotopic (exact) mass is 247 g/mol. The van der Waals surface area contributed by atoms with Gasteiger partial charge in [0, 0.05) is 18.3 Å². The minimum Gasteiger partial charge on any atom is -0.496 e. The van der Waals surface area contributed by atoms with Gasteiger partial charge in [-0.3, -0.25) is 0 Å². The van der Waals surface area contributed by atoms with Gasteiger partial charge in [0.15, 0.2) is 0 Å². The summed E-state index contributed by atoms with van der Waals surface area (Å²) in [4.78, 5) is 1.00. The predicted octanol–water partition coefficient (Wildman–Crippen LogP) is 2.10. The maximum absolute atomic E-state index is 5.66. The molecule has 0 atom stereocenters. The summed E-state index contributed by atoms with van der Waals surface area (Å²) in [7, 11) is 1.65. The van der Waals surface area contributed by atoms with Gasteiger partial charge in [-0.05, 0) is 18.2 Å². The van der Waals surface area contributed by atoms with Crippen molar-refractivity contribution in [2.75, 3.05) is 7.11 Å². The van der Waals surface area contributed by atoms with E-state index < -0.39 is 0 Å². The SMILES string of the molecule is COc1ccccc1Sc1nnccc1CN. The number of hydrogen-bond acceptors (Lipinski definition) is 5. The van der Waals surface area contributed by atoms with Crippen molar-refractivity contribution in [1.82, 2.24) is 10.2 Å². The highest BCUT2D eigenvalue weighted by atomic mass is 32.2. The largest absolute Gasteiger partial charge is 0.496 e. The molecule has 0 aliphatic heterocycles. The van der Waals surface area contributed by atoms with E-state index in [1.807, 2.05) is 30.3 Å². The third-order valence-electron chi connectivity index (χ3n) is 2.26. The van der Waals surface area contributed by atoms with Gasteiger partial charge in [0.05, 0.1) is 12.0 Å². The zero-order valence-corrected chi connectivity index (χ0v) is 10.3. The summed E-state index contributed by atoms with van der Waals surface area (Å²) >= 11 is 1.51. The summed E-state index contributed by atoms with van der Waals surface area (Å²) in [6.45, 7) is 0.451. The molecule has 0 aliphatic rings. The molecule has 0 saturated heterocycles. The minimum absolute atomic E-state index is 0.451. The van der Waals surface area contributed by atoms with Crippen molar-refractivity contribution in [3.05, 3.63) is 42.1 Å². The van der Waals surface area contributed by atoms with E-state index in [1.165, 1.54) is 11.8 Å². The Hall–Kier alpha value is -1.59. The fraction of sp³-hybridized carbons (Fsp3) is 0.167. The van der Waals surface area contributed by atoms with E-state index in [2.05, 4.69) is 10.2 Å². The normalized spacial score (nSPS) is 10.2. The third-order valence-corrected chi connectivity index (χ3v) is 3.36. The molecular formula is C12H13N3OS. The molecule has 2 rings (SSSR count). The smallest absolute Gasteiger partial charge is 0.132 e. The lowest BCUT2D eigenvalue weighted by atomic mass is 10.3. The first-order valence-electron chi connectivity index (χ1n) is 5.16. The number of para-hydroxylation sites is 1. The Morgan fingerprint density at radius 3 is 2.88 bits per heavy atom. The van der Waals surface area contributed by atoms with Gasteiger partial charge in [-0.1, -0.05) is 23.9 Å². The number of hydrogen-bond donors (Lipinski definition) is 1. The van der Waals surface area contributed by atoms with Gasteiger partial charge in [-0.2, -0.15) is 5.10 Å². The lowest BCUT2D eigenvalue weighted by Crippen LogP contribution is -2.01. The zero-order chi connectivity index (χ0) is 12.1. The van der Waals surface area contributed by atoms with Gasteiger partial charge in [0.2, 0.25) is 0 Å². The quantitative estimate of drug-likeness (QED) is 0.896. The molecule has 0 saturated carbocycles. The van der Waals surface area contributed by atoms with Crippen LogP contribution in [0.3, 0.4) is 0 Å². The average Bonchev–Trinajstić information content (AvgIpc) is 2.40. The van der Waals surface area contributed by atoms with Gasteiger partial charge in [0.1, 0.15) is 10.8 Å². The average molecular weight is 247 g/mol. The van der Waals surface area contributed by atoms with Crippen LogP contribution in [0.1, 0.15) is 5.56 Å². The van der Waals surface area contributed by atoms with E-state index in [9.17, 15) is 0 Å². The molecule has 2 N–H and O–H groups in total. The molecule has 1 aromatic heterocycles. The highest BCUT2D eigenvalue weighted by Gasteiger charge is 2.08. The third kappa shape index (κ3) is 2.75. The number of ether oxygens (including phenoxy) is 1. The summed E-state index contributed by atoms with van der Waals surface area (Å²) in [5, 5.41) is 8.79. The van der Waals surface area contributed by atoms with Crippen molar-refractivity contribution in [3.63, 3.8) is 0 Å². The van der Waals surface area contributed by atoms with E-state index in [0.29, 0.717) is 6.54 Å². The van der Waals surface area contributed by atoms with Crippen molar-refractivity contribution < 1.29 is 4.74 Å². The van der Waals surface area contributed by atoms with Crippen LogP contribution in [-0.4, -0.2) is 17.3 Å². The summed E-state index contributed by atoms with van der Waals surface area (Å²) in [6, 6.07) is 9.68. The van der Waals surface area contributed by atoms with Crippen molar-refractivity contribution in [2.45, 2.75) is 16.5 Å². The standard InChI is InChI=1S/C12H13N3OS/c1-16-10-4-2-3-5-11(10)17-12-9(8-13)6-7-14-15-12/h2-7H,8,13H2,1H3. The number of nitrogens with two attached hydrogens (primary N) is 1. The highest BCUT2D eigenvalue weighted by molar-refractivity contribution is 7.99. The summed E-state index contributed by atoms with van der Waals surface area (Å²) in [5.74, 6) is 0.825. The van der Waals surface area contributed by atoms with Crippen LogP contribution < -0.4 is 10.5 Å². The Morgan fingerprint density at radius 1 is 1.29 bits per heavy atom. The second-order valence-corrected chi connectivity index (χ2v) is 4.35.